The summed E-state index contributed by atoms with van der Waals surface area (Å²) >= 11 is 0. The minimum absolute atomic E-state index is 0.314. The average molecular weight is 222 g/mol. The van der Waals surface area contributed by atoms with Gasteiger partial charge < -0.3 is 9.47 Å². The number of ether oxygens (including phenoxy) is 2. The van der Waals surface area contributed by atoms with Gasteiger partial charge in [-0.3, -0.25) is 0 Å². The third-order valence-electron chi connectivity index (χ3n) is 1.77. The predicted molar refractivity (Wildman–Crippen MR) is 61.2 cm³/mol. The van der Waals surface area contributed by atoms with Crippen LogP contribution in [-0.2, 0) is 4.74 Å². The van der Waals surface area contributed by atoms with Gasteiger partial charge >= 0.3 is 12.4 Å². The van der Waals surface area contributed by atoms with Gasteiger partial charge in [0.15, 0.2) is 0 Å². The highest BCUT2D eigenvalue weighted by Gasteiger charge is 2.05. The summed E-state index contributed by atoms with van der Waals surface area (Å²) < 4.78 is 12.0. The van der Waals surface area contributed by atoms with E-state index in [0.717, 1.165) is 0 Å². The maximum atomic E-state index is 11.3. The van der Waals surface area contributed by atoms with Crippen molar-refractivity contribution < 1.29 is 18.8 Å². The zero-order valence-electron chi connectivity index (χ0n) is 9.77. The molecule has 0 fully saturated rings. The minimum Gasteiger partial charge on any atom is -0.462 e. The van der Waals surface area contributed by atoms with Gasteiger partial charge in [0.1, 0.15) is 19.8 Å². The molecule has 0 aliphatic rings. The van der Waals surface area contributed by atoms with E-state index in [-0.39, 0.29) is 5.97 Å². The SMILES string of the molecule is CCOC(=O)c1ccc(OC=[N+](C)C)cc1. The van der Waals surface area contributed by atoms with Crippen LogP contribution >= 0.6 is 0 Å². The average Bonchev–Trinajstić information content (AvgIpc) is 2.27. The molecule has 16 heavy (non-hydrogen) atoms. The smallest absolute Gasteiger partial charge is 0.338 e. The Kier molecular flexibility index (Phi) is 4.51. The second-order valence-electron chi connectivity index (χ2n) is 3.43. The molecule has 0 amide bonds. The van der Waals surface area contributed by atoms with Crippen molar-refractivity contribution in [3.05, 3.63) is 29.8 Å². The van der Waals surface area contributed by atoms with Crippen molar-refractivity contribution in [3.8, 4) is 5.75 Å². The standard InChI is InChI=1S/C12H16NO3/c1-4-15-12(14)10-5-7-11(8-6-10)16-9-13(2)3/h5-9H,4H2,1-3H3/q+1. The fraction of sp³-hybridized carbons (Fsp3) is 0.333. The highest BCUT2D eigenvalue weighted by molar-refractivity contribution is 5.89. The summed E-state index contributed by atoms with van der Waals surface area (Å²) in [6.45, 7) is 2.16. The molecule has 1 rings (SSSR count). The summed E-state index contributed by atoms with van der Waals surface area (Å²) in [6, 6.07) is 6.81. The van der Waals surface area contributed by atoms with Crippen molar-refractivity contribution in [1.29, 1.82) is 0 Å². The third-order valence-corrected chi connectivity index (χ3v) is 1.77. The summed E-state index contributed by atoms with van der Waals surface area (Å²) in [5.74, 6) is 0.368. The van der Waals surface area contributed by atoms with Crippen LogP contribution in [0.5, 0.6) is 5.75 Å². The first-order valence-corrected chi connectivity index (χ1v) is 5.07. The fourth-order valence-corrected chi connectivity index (χ4v) is 1.05. The molecular formula is C12H16NO3+. The molecule has 0 atom stereocenters. The van der Waals surface area contributed by atoms with Gasteiger partial charge in [0, 0.05) is 0 Å². The first-order chi connectivity index (χ1) is 7.63. The van der Waals surface area contributed by atoms with E-state index in [9.17, 15) is 4.79 Å². The number of hydrogen-bond donors (Lipinski definition) is 0. The molecule has 0 aliphatic heterocycles. The van der Waals surface area contributed by atoms with Crippen LogP contribution in [0.2, 0.25) is 0 Å². The second-order valence-corrected chi connectivity index (χ2v) is 3.43. The maximum absolute atomic E-state index is 11.3. The number of carbonyl (C=O) groups excluding carboxylic acids is 1. The second kappa shape index (κ2) is 5.90. The van der Waals surface area contributed by atoms with Crippen LogP contribution < -0.4 is 4.74 Å². The van der Waals surface area contributed by atoms with E-state index in [0.29, 0.717) is 17.9 Å². The van der Waals surface area contributed by atoms with E-state index in [1.807, 2.05) is 14.1 Å². The first-order valence-electron chi connectivity index (χ1n) is 5.07. The molecule has 1 aromatic rings. The molecule has 86 valence electrons. The van der Waals surface area contributed by atoms with Gasteiger partial charge in [0.25, 0.3) is 0 Å². The molecule has 4 heteroatoms. The van der Waals surface area contributed by atoms with Crippen molar-refractivity contribution in [2.75, 3.05) is 20.7 Å². The molecule has 1 aromatic carbocycles. The zero-order valence-corrected chi connectivity index (χ0v) is 9.77. The molecule has 0 radical (unpaired) electrons. The topological polar surface area (TPSA) is 38.5 Å². The molecule has 0 spiro atoms. The van der Waals surface area contributed by atoms with Crippen LogP contribution in [0.4, 0.5) is 0 Å². The van der Waals surface area contributed by atoms with Crippen LogP contribution in [0.3, 0.4) is 0 Å². The Hall–Kier alpha value is -1.84. The van der Waals surface area contributed by atoms with Crippen molar-refractivity contribution in [3.63, 3.8) is 0 Å². The number of rotatable bonds is 4. The Bertz CT molecular complexity index is 378. The Morgan fingerprint density at radius 2 is 1.94 bits per heavy atom. The van der Waals surface area contributed by atoms with Crippen molar-refractivity contribution in [1.82, 2.24) is 0 Å². The number of hydrogen-bond acceptors (Lipinski definition) is 3. The normalized spacial score (nSPS) is 9.44. The molecule has 4 nitrogen and oxygen atoms in total. The van der Waals surface area contributed by atoms with Crippen molar-refractivity contribution in [2.24, 2.45) is 0 Å². The molecule has 0 bridgehead atoms. The van der Waals surface area contributed by atoms with Crippen LogP contribution in [0.15, 0.2) is 24.3 Å². The summed E-state index contributed by atoms with van der Waals surface area (Å²) in [4.78, 5) is 11.3. The lowest BCUT2D eigenvalue weighted by Gasteiger charge is -2.02. The van der Waals surface area contributed by atoms with E-state index in [2.05, 4.69) is 0 Å². The van der Waals surface area contributed by atoms with E-state index in [4.69, 9.17) is 9.47 Å². The van der Waals surface area contributed by atoms with Gasteiger partial charge in [0.2, 0.25) is 0 Å². The summed E-state index contributed by atoms with van der Waals surface area (Å²) in [7, 11) is 3.74. The van der Waals surface area contributed by atoms with Crippen LogP contribution in [0, 0.1) is 0 Å². The Balaban J connectivity index is 2.68. The molecule has 0 saturated heterocycles. The minimum atomic E-state index is -0.314. The van der Waals surface area contributed by atoms with E-state index >= 15 is 0 Å². The third kappa shape index (κ3) is 3.73. The van der Waals surface area contributed by atoms with E-state index < -0.39 is 0 Å². The molecule has 0 N–H and O–H groups in total. The van der Waals surface area contributed by atoms with Gasteiger partial charge in [0.05, 0.1) is 12.2 Å². The van der Waals surface area contributed by atoms with Crippen LogP contribution in [0.25, 0.3) is 0 Å². The highest BCUT2D eigenvalue weighted by Crippen LogP contribution is 2.12. The molecule has 0 saturated carbocycles. The zero-order chi connectivity index (χ0) is 12.0. The molecule has 0 aromatic heterocycles. The number of nitrogens with zero attached hydrogens (tertiary/aromatic N) is 1. The van der Waals surface area contributed by atoms with Gasteiger partial charge in [-0.15, -0.1) is 0 Å². The quantitative estimate of drug-likeness (QED) is 0.336. The van der Waals surface area contributed by atoms with Crippen LogP contribution in [-0.4, -0.2) is 37.6 Å². The highest BCUT2D eigenvalue weighted by atomic mass is 16.5. The lowest BCUT2D eigenvalue weighted by atomic mass is 10.2. The van der Waals surface area contributed by atoms with E-state index in [1.165, 1.54) is 0 Å². The molecule has 0 heterocycles. The van der Waals surface area contributed by atoms with Crippen LogP contribution in [0.1, 0.15) is 17.3 Å². The van der Waals surface area contributed by atoms with Gasteiger partial charge in [-0.2, -0.15) is 0 Å². The van der Waals surface area contributed by atoms with E-state index in [1.54, 1.807) is 42.2 Å². The van der Waals surface area contributed by atoms with Crippen molar-refractivity contribution in [2.45, 2.75) is 6.92 Å². The van der Waals surface area contributed by atoms with Gasteiger partial charge in [-0.05, 0) is 31.2 Å². The fourth-order valence-electron chi connectivity index (χ4n) is 1.05. The van der Waals surface area contributed by atoms with Crippen molar-refractivity contribution >= 4 is 12.4 Å². The summed E-state index contributed by atoms with van der Waals surface area (Å²) in [6.07, 6.45) is 1.58. The summed E-state index contributed by atoms with van der Waals surface area (Å²) in [5.41, 5.74) is 0.527. The lowest BCUT2D eigenvalue weighted by molar-refractivity contribution is -0.466. The Morgan fingerprint density at radius 1 is 1.31 bits per heavy atom. The monoisotopic (exact) mass is 222 g/mol. The lowest BCUT2D eigenvalue weighted by Crippen LogP contribution is -2.06. The molecule has 0 aliphatic carbocycles. The first kappa shape index (κ1) is 12.2. The van der Waals surface area contributed by atoms with Gasteiger partial charge in [-0.25, -0.2) is 9.37 Å². The Morgan fingerprint density at radius 3 is 2.44 bits per heavy atom. The Labute approximate surface area is 95.1 Å². The summed E-state index contributed by atoms with van der Waals surface area (Å²) in [5, 5.41) is 0. The maximum Gasteiger partial charge on any atom is 0.338 e. The number of benzene rings is 1. The molecular weight excluding hydrogens is 206 g/mol. The number of esters is 1. The predicted octanol–water partition coefficient (Wildman–Crippen LogP) is 1.54. The van der Waals surface area contributed by atoms with Gasteiger partial charge in [-0.1, -0.05) is 0 Å². The molecule has 0 unspecified atom stereocenters. The number of carbonyl (C=O) groups is 1. The largest absolute Gasteiger partial charge is 0.462 e.